The molecule has 100 valence electrons. The number of rotatable bonds is 7. The number of amides is 1. The quantitative estimate of drug-likeness (QED) is 0.633. The molecule has 0 aliphatic heterocycles. The van der Waals surface area contributed by atoms with Crippen molar-refractivity contribution >= 4 is 5.91 Å². The fourth-order valence-electron chi connectivity index (χ4n) is 1.76. The lowest BCUT2D eigenvalue weighted by Crippen LogP contribution is -2.46. The van der Waals surface area contributed by atoms with Crippen LogP contribution in [-0.2, 0) is 10.3 Å². The highest BCUT2D eigenvalue weighted by Crippen LogP contribution is 2.19. The van der Waals surface area contributed by atoms with Gasteiger partial charge < -0.3 is 15.7 Å². The molecule has 0 aromatic heterocycles. The predicted octanol–water partition coefficient (Wildman–Crippen LogP) is 1.01. The Morgan fingerprint density at radius 2 is 2.00 bits per heavy atom. The molecule has 18 heavy (non-hydrogen) atoms. The molecular weight excluding hydrogens is 228 g/mol. The molecule has 3 N–H and O–H groups in total. The normalized spacial score (nSPS) is 13.9. The first-order valence-corrected chi connectivity index (χ1v) is 6.30. The maximum Gasteiger partial charge on any atom is 0.222 e. The molecule has 0 aliphatic rings. The molecule has 0 heterocycles. The van der Waals surface area contributed by atoms with Gasteiger partial charge in [0.05, 0.1) is 12.1 Å². The van der Waals surface area contributed by atoms with E-state index in [0.717, 1.165) is 12.1 Å². The lowest BCUT2D eigenvalue weighted by atomic mass is 9.93. The van der Waals surface area contributed by atoms with Gasteiger partial charge in [-0.25, -0.2) is 0 Å². The van der Waals surface area contributed by atoms with Crippen LogP contribution in [0.1, 0.15) is 25.8 Å². The Morgan fingerprint density at radius 1 is 1.33 bits per heavy atom. The summed E-state index contributed by atoms with van der Waals surface area (Å²) in [5, 5.41) is 15.5. The molecule has 0 bridgehead atoms. The number of aliphatic hydroxyl groups excluding tert-OH is 1. The van der Waals surface area contributed by atoms with Crippen LogP contribution >= 0.6 is 0 Å². The molecule has 1 rings (SSSR count). The van der Waals surface area contributed by atoms with E-state index in [1.165, 1.54) is 0 Å². The summed E-state index contributed by atoms with van der Waals surface area (Å²) in [6.07, 6.45) is 0.413. The summed E-state index contributed by atoms with van der Waals surface area (Å²) in [6.45, 7) is 5.21. The number of aliphatic hydroxyl groups is 1. The van der Waals surface area contributed by atoms with Gasteiger partial charge in [0.2, 0.25) is 5.91 Å². The van der Waals surface area contributed by atoms with E-state index in [9.17, 15) is 9.90 Å². The van der Waals surface area contributed by atoms with Gasteiger partial charge in [-0.1, -0.05) is 37.3 Å². The number of hydrogen-bond donors (Lipinski definition) is 3. The Kier molecular flexibility index (Phi) is 5.82. The molecule has 1 unspecified atom stereocenters. The maximum absolute atomic E-state index is 11.8. The van der Waals surface area contributed by atoms with E-state index in [-0.39, 0.29) is 12.5 Å². The molecule has 0 fully saturated rings. The Labute approximate surface area is 108 Å². The van der Waals surface area contributed by atoms with Gasteiger partial charge in [0.25, 0.3) is 0 Å². The Balaban J connectivity index is 2.63. The molecule has 0 radical (unpaired) electrons. The lowest BCUT2D eigenvalue weighted by molar-refractivity contribution is -0.123. The monoisotopic (exact) mass is 250 g/mol. The van der Waals surface area contributed by atoms with E-state index in [2.05, 4.69) is 10.6 Å². The first-order valence-electron chi connectivity index (χ1n) is 6.30. The summed E-state index contributed by atoms with van der Waals surface area (Å²) >= 11 is 0. The Bertz CT molecular complexity index is 367. The number of carbonyl (C=O) groups excluding carboxylic acids is 1. The minimum Gasteiger partial charge on any atom is -0.394 e. The summed E-state index contributed by atoms with van der Waals surface area (Å²) in [5.41, 5.74) is 0.189. The SMILES string of the molecule is CCNCCC(=O)NC(C)(CO)c1ccccc1. The molecule has 0 saturated heterocycles. The van der Waals surface area contributed by atoms with Gasteiger partial charge in [-0.05, 0) is 19.0 Å². The van der Waals surface area contributed by atoms with Crippen LogP contribution in [-0.4, -0.2) is 30.7 Å². The molecule has 0 saturated carbocycles. The molecule has 4 nitrogen and oxygen atoms in total. The van der Waals surface area contributed by atoms with Crippen molar-refractivity contribution < 1.29 is 9.90 Å². The predicted molar refractivity (Wildman–Crippen MR) is 72.2 cm³/mol. The first kappa shape index (κ1) is 14.7. The van der Waals surface area contributed by atoms with Crippen LogP contribution in [0.2, 0.25) is 0 Å². The maximum atomic E-state index is 11.8. The van der Waals surface area contributed by atoms with Gasteiger partial charge in [-0.2, -0.15) is 0 Å². The zero-order valence-electron chi connectivity index (χ0n) is 11.1. The topological polar surface area (TPSA) is 61.4 Å². The third kappa shape index (κ3) is 4.13. The highest BCUT2D eigenvalue weighted by Gasteiger charge is 2.27. The van der Waals surface area contributed by atoms with Crippen molar-refractivity contribution in [1.29, 1.82) is 0 Å². The summed E-state index contributed by atoms with van der Waals surface area (Å²) < 4.78 is 0. The minimum atomic E-state index is -0.718. The van der Waals surface area contributed by atoms with E-state index < -0.39 is 5.54 Å². The fourth-order valence-corrected chi connectivity index (χ4v) is 1.76. The molecule has 1 aromatic rings. The summed E-state index contributed by atoms with van der Waals surface area (Å²) in [6, 6.07) is 9.51. The largest absolute Gasteiger partial charge is 0.394 e. The zero-order valence-corrected chi connectivity index (χ0v) is 11.1. The van der Waals surface area contributed by atoms with Crippen LogP contribution in [0.4, 0.5) is 0 Å². The smallest absolute Gasteiger partial charge is 0.222 e. The van der Waals surface area contributed by atoms with Crippen LogP contribution in [0.25, 0.3) is 0 Å². The van der Waals surface area contributed by atoms with Crippen molar-refractivity contribution in [2.45, 2.75) is 25.8 Å². The van der Waals surface area contributed by atoms with Crippen molar-refractivity contribution in [2.24, 2.45) is 0 Å². The van der Waals surface area contributed by atoms with Gasteiger partial charge in [0, 0.05) is 13.0 Å². The number of nitrogens with one attached hydrogen (secondary N) is 2. The standard InChI is InChI=1S/C14H22N2O2/c1-3-15-10-9-13(18)16-14(2,11-17)12-7-5-4-6-8-12/h4-8,15,17H,3,9-11H2,1-2H3,(H,16,18). The molecule has 1 amide bonds. The second kappa shape index (κ2) is 7.13. The summed E-state index contributed by atoms with van der Waals surface area (Å²) in [4.78, 5) is 11.8. The summed E-state index contributed by atoms with van der Waals surface area (Å²) in [5.74, 6) is -0.0589. The molecular formula is C14H22N2O2. The number of carbonyl (C=O) groups is 1. The second-order valence-electron chi connectivity index (χ2n) is 4.51. The lowest BCUT2D eigenvalue weighted by Gasteiger charge is -2.29. The van der Waals surface area contributed by atoms with Crippen LogP contribution in [0.5, 0.6) is 0 Å². The summed E-state index contributed by atoms with van der Waals surface area (Å²) in [7, 11) is 0. The van der Waals surface area contributed by atoms with Crippen molar-refractivity contribution in [1.82, 2.24) is 10.6 Å². The highest BCUT2D eigenvalue weighted by atomic mass is 16.3. The molecule has 1 atom stereocenters. The number of benzene rings is 1. The third-order valence-corrected chi connectivity index (χ3v) is 2.92. The molecule has 4 heteroatoms. The van der Waals surface area contributed by atoms with E-state index in [0.29, 0.717) is 13.0 Å². The van der Waals surface area contributed by atoms with Crippen LogP contribution < -0.4 is 10.6 Å². The van der Waals surface area contributed by atoms with Gasteiger partial charge in [-0.15, -0.1) is 0 Å². The Hall–Kier alpha value is -1.39. The number of hydrogen-bond acceptors (Lipinski definition) is 3. The van der Waals surface area contributed by atoms with E-state index in [4.69, 9.17) is 0 Å². The van der Waals surface area contributed by atoms with E-state index in [1.54, 1.807) is 0 Å². The van der Waals surface area contributed by atoms with Crippen molar-refractivity contribution in [2.75, 3.05) is 19.7 Å². The first-order chi connectivity index (χ1) is 8.62. The van der Waals surface area contributed by atoms with E-state index in [1.807, 2.05) is 44.2 Å². The van der Waals surface area contributed by atoms with Gasteiger partial charge >= 0.3 is 0 Å². The van der Waals surface area contributed by atoms with Crippen LogP contribution in [0, 0.1) is 0 Å². The average molecular weight is 250 g/mol. The molecule has 1 aromatic carbocycles. The van der Waals surface area contributed by atoms with Crippen LogP contribution in [0.3, 0.4) is 0 Å². The van der Waals surface area contributed by atoms with Gasteiger partial charge in [-0.3, -0.25) is 4.79 Å². The fraction of sp³-hybridized carbons (Fsp3) is 0.500. The third-order valence-electron chi connectivity index (χ3n) is 2.92. The molecule has 0 aliphatic carbocycles. The van der Waals surface area contributed by atoms with Crippen molar-refractivity contribution in [3.05, 3.63) is 35.9 Å². The molecule has 0 spiro atoms. The van der Waals surface area contributed by atoms with Crippen molar-refractivity contribution in [3.63, 3.8) is 0 Å². The van der Waals surface area contributed by atoms with Gasteiger partial charge in [0.15, 0.2) is 0 Å². The second-order valence-corrected chi connectivity index (χ2v) is 4.51. The minimum absolute atomic E-state index is 0.0589. The van der Waals surface area contributed by atoms with Gasteiger partial charge in [0.1, 0.15) is 0 Å². The van der Waals surface area contributed by atoms with Crippen LogP contribution in [0.15, 0.2) is 30.3 Å². The highest BCUT2D eigenvalue weighted by molar-refractivity contribution is 5.77. The van der Waals surface area contributed by atoms with Crippen molar-refractivity contribution in [3.8, 4) is 0 Å². The zero-order chi connectivity index (χ0) is 13.4. The average Bonchev–Trinajstić information content (AvgIpc) is 2.40. The van der Waals surface area contributed by atoms with E-state index >= 15 is 0 Å². The Morgan fingerprint density at radius 3 is 2.56 bits per heavy atom.